The Kier molecular flexibility index (Phi) is 4.90. The second-order valence-electron chi connectivity index (χ2n) is 3.99. The quantitative estimate of drug-likeness (QED) is 0.902. The molecule has 0 fully saturated rings. The molecule has 1 atom stereocenters. The van der Waals surface area contributed by atoms with Crippen LogP contribution in [0.3, 0.4) is 0 Å². The molecule has 0 saturated heterocycles. The molecule has 3 nitrogen and oxygen atoms in total. The summed E-state index contributed by atoms with van der Waals surface area (Å²) >= 11 is 5.53. The van der Waals surface area contributed by atoms with Gasteiger partial charge in [-0.1, -0.05) is 11.6 Å². The Hall–Kier alpha value is -1.13. The molecular formula is C12H15ClFNO2. The number of hydrogen-bond donors (Lipinski definition) is 1. The van der Waals surface area contributed by atoms with Crippen LogP contribution >= 0.6 is 11.6 Å². The molecule has 0 aliphatic carbocycles. The lowest BCUT2D eigenvalue weighted by atomic mass is 10.2. The zero-order valence-electron chi connectivity index (χ0n) is 9.78. The number of rotatable bonds is 4. The van der Waals surface area contributed by atoms with Gasteiger partial charge in [-0.15, -0.1) is 0 Å². The van der Waals surface area contributed by atoms with Crippen molar-refractivity contribution in [3.8, 4) is 0 Å². The molecule has 17 heavy (non-hydrogen) atoms. The number of benzene rings is 1. The molecule has 0 aromatic heterocycles. The summed E-state index contributed by atoms with van der Waals surface area (Å²) in [5.41, 5.74) is 0.250. The Morgan fingerprint density at radius 1 is 1.59 bits per heavy atom. The van der Waals surface area contributed by atoms with E-state index in [-0.39, 0.29) is 16.5 Å². The first-order chi connectivity index (χ1) is 7.91. The monoisotopic (exact) mass is 259 g/mol. The van der Waals surface area contributed by atoms with Crippen molar-refractivity contribution in [2.45, 2.75) is 19.4 Å². The molecule has 1 rings (SSSR count). The minimum atomic E-state index is -0.610. The van der Waals surface area contributed by atoms with E-state index in [1.54, 1.807) is 14.0 Å². The van der Waals surface area contributed by atoms with Gasteiger partial charge in [0.1, 0.15) is 5.82 Å². The van der Waals surface area contributed by atoms with Crippen LogP contribution in [0.1, 0.15) is 23.7 Å². The molecule has 0 saturated carbocycles. The molecule has 1 unspecified atom stereocenters. The van der Waals surface area contributed by atoms with E-state index in [2.05, 4.69) is 0 Å². The first-order valence-corrected chi connectivity index (χ1v) is 5.68. The number of carbonyl (C=O) groups excluding carboxylic acids is 1. The van der Waals surface area contributed by atoms with Crippen LogP contribution < -0.4 is 0 Å². The van der Waals surface area contributed by atoms with Crippen molar-refractivity contribution in [3.05, 3.63) is 34.6 Å². The lowest BCUT2D eigenvalue weighted by Crippen LogP contribution is -2.29. The third-order valence-electron chi connectivity index (χ3n) is 2.40. The standard InChI is InChI=1S/C12H15ClFNO2/c1-8(16)5-6-15(2)12(17)9-3-4-10(13)11(14)7-9/h3-4,7-8,16H,5-6H2,1-2H3. The Balaban J connectivity index is 2.71. The predicted molar refractivity (Wildman–Crippen MR) is 64.7 cm³/mol. The van der Waals surface area contributed by atoms with Crippen molar-refractivity contribution in [2.24, 2.45) is 0 Å². The first kappa shape index (κ1) is 13.9. The van der Waals surface area contributed by atoms with Gasteiger partial charge in [0.05, 0.1) is 11.1 Å². The Morgan fingerprint density at radius 3 is 2.76 bits per heavy atom. The molecule has 94 valence electrons. The Bertz CT molecular complexity index is 409. The summed E-state index contributed by atoms with van der Waals surface area (Å²) < 4.78 is 13.2. The van der Waals surface area contributed by atoms with E-state index in [0.29, 0.717) is 13.0 Å². The highest BCUT2D eigenvalue weighted by Gasteiger charge is 2.13. The molecule has 5 heteroatoms. The lowest BCUT2D eigenvalue weighted by molar-refractivity contribution is 0.0768. The summed E-state index contributed by atoms with van der Waals surface area (Å²) in [4.78, 5) is 13.3. The maximum Gasteiger partial charge on any atom is 0.253 e. The van der Waals surface area contributed by atoms with E-state index in [1.165, 1.54) is 17.0 Å². The van der Waals surface area contributed by atoms with Crippen molar-refractivity contribution < 1.29 is 14.3 Å². The molecule has 1 aromatic rings. The Labute approximate surface area is 105 Å². The molecule has 1 aromatic carbocycles. The summed E-state index contributed by atoms with van der Waals surface area (Å²) in [5.74, 6) is -0.900. The summed E-state index contributed by atoms with van der Waals surface area (Å²) in [6, 6.07) is 3.95. The van der Waals surface area contributed by atoms with Gasteiger partial charge in [-0.25, -0.2) is 4.39 Å². The number of halogens is 2. The highest BCUT2D eigenvalue weighted by Crippen LogP contribution is 2.16. The van der Waals surface area contributed by atoms with Crippen LogP contribution in [-0.4, -0.2) is 35.6 Å². The maximum atomic E-state index is 13.2. The summed E-state index contributed by atoms with van der Waals surface area (Å²) in [6.45, 7) is 2.07. The van der Waals surface area contributed by atoms with Crippen molar-refractivity contribution >= 4 is 17.5 Å². The van der Waals surface area contributed by atoms with Crippen molar-refractivity contribution in [1.29, 1.82) is 0 Å². The van der Waals surface area contributed by atoms with Crippen LogP contribution in [0.4, 0.5) is 4.39 Å². The van der Waals surface area contributed by atoms with Gasteiger partial charge in [0, 0.05) is 19.2 Å². The molecule has 0 aliphatic heterocycles. The second-order valence-corrected chi connectivity index (χ2v) is 4.40. The molecule has 1 amide bonds. The summed E-state index contributed by atoms with van der Waals surface area (Å²) in [5, 5.41) is 9.11. The average molecular weight is 260 g/mol. The van der Waals surface area contributed by atoms with E-state index >= 15 is 0 Å². The largest absolute Gasteiger partial charge is 0.393 e. The lowest BCUT2D eigenvalue weighted by Gasteiger charge is -2.18. The smallest absolute Gasteiger partial charge is 0.253 e. The number of amides is 1. The highest BCUT2D eigenvalue weighted by atomic mass is 35.5. The molecule has 1 N–H and O–H groups in total. The van der Waals surface area contributed by atoms with Crippen LogP contribution in [0.5, 0.6) is 0 Å². The first-order valence-electron chi connectivity index (χ1n) is 5.30. The average Bonchev–Trinajstić information content (AvgIpc) is 2.28. The fraction of sp³-hybridized carbons (Fsp3) is 0.417. The topological polar surface area (TPSA) is 40.5 Å². The zero-order chi connectivity index (χ0) is 13.0. The fourth-order valence-electron chi connectivity index (χ4n) is 1.33. The minimum absolute atomic E-state index is 0.00631. The normalized spacial score (nSPS) is 12.3. The van der Waals surface area contributed by atoms with Gasteiger partial charge in [0.2, 0.25) is 0 Å². The number of aliphatic hydroxyl groups is 1. The maximum absolute atomic E-state index is 13.2. The van der Waals surface area contributed by atoms with Gasteiger partial charge in [-0.05, 0) is 31.5 Å². The number of nitrogens with zero attached hydrogens (tertiary/aromatic N) is 1. The van der Waals surface area contributed by atoms with E-state index in [0.717, 1.165) is 6.07 Å². The number of carbonyl (C=O) groups is 1. The van der Waals surface area contributed by atoms with Crippen molar-refractivity contribution in [3.63, 3.8) is 0 Å². The SMILES string of the molecule is CC(O)CCN(C)C(=O)c1ccc(Cl)c(F)c1. The molecule has 0 aliphatic rings. The summed E-state index contributed by atoms with van der Waals surface area (Å²) in [7, 11) is 1.61. The molecule has 0 bridgehead atoms. The molecular weight excluding hydrogens is 245 g/mol. The van der Waals surface area contributed by atoms with E-state index in [1.807, 2.05) is 0 Å². The van der Waals surface area contributed by atoms with Crippen LogP contribution in [0.2, 0.25) is 5.02 Å². The summed E-state index contributed by atoms with van der Waals surface area (Å²) in [6.07, 6.45) is 0.0189. The Morgan fingerprint density at radius 2 is 2.24 bits per heavy atom. The molecule has 0 heterocycles. The van der Waals surface area contributed by atoms with E-state index < -0.39 is 11.9 Å². The van der Waals surface area contributed by atoms with Gasteiger partial charge in [-0.3, -0.25) is 4.79 Å². The van der Waals surface area contributed by atoms with E-state index in [9.17, 15) is 9.18 Å². The fourth-order valence-corrected chi connectivity index (χ4v) is 1.45. The number of hydrogen-bond acceptors (Lipinski definition) is 2. The zero-order valence-corrected chi connectivity index (χ0v) is 10.5. The van der Waals surface area contributed by atoms with Gasteiger partial charge >= 0.3 is 0 Å². The van der Waals surface area contributed by atoms with Gasteiger partial charge in [0.25, 0.3) is 5.91 Å². The van der Waals surface area contributed by atoms with Crippen LogP contribution in [0.15, 0.2) is 18.2 Å². The van der Waals surface area contributed by atoms with Crippen LogP contribution in [0.25, 0.3) is 0 Å². The van der Waals surface area contributed by atoms with Crippen LogP contribution in [-0.2, 0) is 0 Å². The second kappa shape index (κ2) is 5.98. The molecule has 0 spiro atoms. The van der Waals surface area contributed by atoms with Crippen molar-refractivity contribution in [2.75, 3.05) is 13.6 Å². The number of aliphatic hydroxyl groups excluding tert-OH is 1. The van der Waals surface area contributed by atoms with Crippen LogP contribution in [0, 0.1) is 5.82 Å². The van der Waals surface area contributed by atoms with Gasteiger partial charge < -0.3 is 10.0 Å². The third-order valence-corrected chi connectivity index (χ3v) is 2.70. The van der Waals surface area contributed by atoms with Gasteiger partial charge in [0.15, 0.2) is 0 Å². The minimum Gasteiger partial charge on any atom is -0.393 e. The van der Waals surface area contributed by atoms with Crippen molar-refractivity contribution in [1.82, 2.24) is 4.90 Å². The third kappa shape index (κ3) is 3.98. The van der Waals surface area contributed by atoms with E-state index in [4.69, 9.17) is 16.7 Å². The van der Waals surface area contributed by atoms with Gasteiger partial charge in [-0.2, -0.15) is 0 Å². The highest BCUT2D eigenvalue weighted by molar-refractivity contribution is 6.30. The molecule has 0 radical (unpaired) electrons. The predicted octanol–water partition coefficient (Wildman–Crippen LogP) is 2.32.